The van der Waals surface area contributed by atoms with Crippen molar-refractivity contribution >= 4 is 17.1 Å². The highest BCUT2D eigenvalue weighted by molar-refractivity contribution is 6.02. The molecule has 2 saturated carbocycles. The fraction of sp³-hybridized carbons (Fsp3) is 0.515. The maximum absolute atomic E-state index is 11.6. The lowest BCUT2D eigenvalue weighted by Gasteiger charge is -2.38. The number of piperidine rings is 1. The first kappa shape index (κ1) is 23.4. The van der Waals surface area contributed by atoms with Crippen LogP contribution in [0.5, 0.6) is 0 Å². The van der Waals surface area contributed by atoms with Crippen LogP contribution in [0.2, 0.25) is 0 Å². The monoisotopic (exact) mass is 494 g/mol. The van der Waals surface area contributed by atoms with Crippen LogP contribution < -0.4 is 0 Å². The molecule has 2 aromatic rings. The average molecular weight is 495 g/mol. The van der Waals surface area contributed by atoms with Crippen molar-refractivity contribution in [2.24, 2.45) is 17.0 Å². The van der Waals surface area contributed by atoms with Gasteiger partial charge in [-0.25, -0.2) is 0 Å². The fourth-order valence-corrected chi connectivity index (χ4v) is 6.86. The summed E-state index contributed by atoms with van der Waals surface area (Å²) in [5.74, 6) is 2.53. The number of benzene rings is 2. The first-order valence-corrected chi connectivity index (χ1v) is 14.4. The Balaban J connectivity index is 1.04. The number of aryl methyl sites for hydroxylation is 1. The van der Waals surface area contributed by atoms with Gasteiger partial charge in [0.05, 0.1) is 5.71 Å². The number of Topliss-reactive ketones (excluding diaryl/α,β-unsaturated/α-hetero) is 1. The molecule has 1 spiro atoms. The molecule has 0 radical (unpaired) electrons. The number of oxime groups is 1. The maximum atomic E-state index is 11.6. The van der Waals surface area contributed by atoms with Gasteiger partial charge in [0.1, 0.15) is 5.60 Å². The lowest BCUT2D eigenvalue weighted by Crippen LogP contribution is -2.45. The zero-order valence-corrected chi connectivity index (χ0v) is 22.3. The van der Waals surface area contributed by atoms with E-state index >= 15 is 0 Å². The average Bonchev–Trinajstić information content (AvgIpc) is 3.83. The van der Waals surface area contributed by atoms with E-state index in [0.717, 1.165) is 73.5 Å². The van der Waals surface area contributed by atoms with E-state index in [2.05, 4.69) is 35.2 Å². The molecule has 192 valence electrons. The van der Waals surface area contributed by atoms with Crippen LogP contribution in [0, 0.1) is 18.8 Å². The Kier molecular flexibility index (Phi) is 5.65. The van der Waals surface area contributed by atoms with Gasteiger partial charge in [-0.3, -0.25) is 9.69 Å². The summed E-state index contributed by atoms with van der Waals surface area (Å²) in [5.41, 5.74) is 10.5. The highest BCUT2D eigenvalue weighted by Crippen LogP contribution is 2.47. The molecule has 1 unspecified atom stereocenters. The number of rotatable bonds is 6. The highest BCUT2D eigenvalue weighted by atomic mass is 16.7. The number of hydrogen-bond acceptors (Lipinski definition) is 4. The predicted molar refractivity (Wildman–Crippen MR) is 148 cm³/mol. The molecular weight excluding hydrogens is 456 g/mol. The molecule has 1 saturated heterocycles. The molecule has 0 aromatic heterocycles. The quantitative estimate of drug-likeness (QED) is 0.420. The van der Waals surface area contributed by atoms with Crippen molar-refractivity contribution in [3.63, 3.8) is 0 Å². The minimum absolute atomic E-state index is 0.0954. The van der Waals surface area contributed by atoms with E-state index in [1.807, 2.05) is 24.3 Å². The van der Waals surface area contributed by atoms with E-state index in [9.17, 15) is 4.79 Å². The van der Waals surface area contributed by atoms with E-state index in [-0.39, 0.29) is 11.4 Å². The Labute approximate surface area is 220 Å². The largest absolute Gasteiger partial charge is 0.388 e. The summed E-state index contributed by atoms with van der Waals surface area (Å²) in [4.78, 5) is 20.4. The van der Waals surface area contributed by atoms with Crippen molar-refractivity contribution in [1.29, 1.82) is 0 Å². The fourth-order valence-electron chi connectivity index (χ4n) is 6.86. The summed E-state index contributed by atoms with van der Waals surface area (Å²) in [5, 5.41) is 4.51. The van der Waals surface area contributed by atoms with Crippen LogP contribution in [0.3, 0.4) is 0 Å². The van der Waals surface area contributed by atoms with Gasteiger partial charge >= 0.3 is 0 Å². The topological polar surface area (TPSA) is 41.9 Å². The summed E-state index contributed by atoms with van der Waals surface area (Å²) >= 11 is 0. The second-order valence-corrected chi connectivity index (χ2v) is 12.4. The molecule has 4 nitrogen and oxygen atoms in total. The minimum atomic E-state index is -0.170. The number of fused-ring (bicyclic) bond motifs is 1. The van der Waals surface area contributed by atoms with E-state index in [1.54, 1.807) is 29.2 Å². The molecule has 5 aliphatic rings. The summed E-state index contributed by atoms with van der Waals surface area (Å²) in [6.07, 6.45) is 12.3. The van der Waals surface area contributed by atoms with Gasteiger partial charge in [-0.1, -0.05) is 47.6 Å². The van der Waals surface area contributed by atoms with Crippen LogP contribution in [-0.2, 0) is 11.3 Å². The first-order valence-electron chi connectivity index (χ1n) is 14.4. The Morgan fingerprint density at radius 3 is 2.51 bits per heavy atom. The van der Waals surface area contributed by atoms with Crippen molar-refractivity contribution < 1.29 is 9.63 Å². The number of carbonyl (C=O) groups is 1. The lowest BCUT2D eigenvalue weighted by atomic mass is 9.78. The smallest absolute Gasteiger partial charge is 0.159 e. The summed E-state index contributed by atoms with van der Waals surface area (Å²) in [7, 11) is 0. The Bertz CT molecular complexity index is 1290. The second kappa shape index (κ2) is 8.94. The van der Waals surface area contributed by atoms with Gasteiger partial charge in [-0.2, -0.15) is 0 Å². The minimum Gasteiger partial charge on any atom is -0.388 e. The van der Waals surface area contributed by atoms with Crippen molar-refractivity contribution in [3.05, 3.63) is 75.9 Å². The van der Waals surface area contributed by atoms with E-state index in [0.29, 0.717) is 0 Å². The molecule has 37 heavy (non-hydrogen) atoms. The van der Waals surface area contributed by atoms with Crippen LogP contribution >= 0.6 is 0 Å². The summed E-state index contributed by atoms with van der Waals surface area (Å²) in [6, 6.07) is 12.9. The maximum Gasteiger partial charge on any atom is 0.159 e. The molecule has 2 aromatic carbocycles. The van der Waals surface area contributed by atoms with Gasteiger partial charge in [0.15, 0.2) is 5.78 Å². The third kappa shape index (κ3) is 4.58. The predicted octanol–water partition coefficient (Wildman–Crippen LogP) is 6.70. The molecule has 0 amide bonds. The van der Waals surface area contributed by atoms with Gasteiger partial charge < -0.3 is 4.84 Å². The number of nitrogens with zero attached hydrogens (tertiary/aromatic N) is 2. The molecule has 2 heterocycles. The number of likely N-dealkylation sites (tertiary alicyclic amines) is 1. The van der Waals surface area contributed by atoms with Gasteiger partial charge in [0, 0.05) is 44.5 Å². The third-order valence-corrected chi connectivity index (χ3v) is 9.60. The number of carbonyl (C=O) groups excluding carboxylic acids is 1. The van der Waals surface area contributed by atoms with Crippen molar-refractivity contribution in [2.75, 3.05) is 19.6 Å². The summed E-state index contributed by atoms with van der Waals surface area (Å²) in [6.45, 7) is 7.11. The molecule has 0 N–H and O–H groups in total. The molecule has 3 aliphatic carbocycles. The molecule has 2 aliphatic heterocycles. The Morgan fingerprint density at radius 2 is 1.84 bits per heavy atom. The van der Waals surface area contributed by atoms with E-state index in [1.165, 1.54) is 37.7 Å². The van der Waals surface area contributed by atoms with E-state index in [4.69, 9.17) is 4.84 Å². The molecular formula is C33H38N2O2. The zero-order valence-electron chi connectivity index (χ0n) is 22.3. The lowest BCUT2D eigenvalue weighted by molar-refractivity contribution is -0.0595. The van der Waals surface area contributed by atoms with E-state index < -0.39 is 0 Å². The van der Waals surface area contributed by atoms with Crippen LogP contribution in [0.25, 0.3) is 5.57 Å². The number of ketones is 1. The first-order chi connectivity index (χ1) is 18.0. The van der Waals surface area contributed by atoms with Gasteiger partial charge in [0.2, 0.25) is 0 Å². The SMILES string of the molecule is CC(=O)c1ccc(C2=NOC3(CCN(CC4=CC(C5CC5)Cc5c(C)cc(C6CC6)cc54)CC3)C2)cc1. The standard InChI is InChI=1S/C33H38N2O2/c1-21-15-27(24-5-6-24)18-31-29(16-28(17-30(21)31)25-7-8-25)20-35-13-11-33(12-14-35)19-32(34-37-33)26-9-3-23(4-10-26)22(2)36/h3-4,9-10,15-16,18,24-25,28H,5-8,11-14,17,19-20H2,1-2H3. The molecule has 4 heteroatoms. The van der Waals surface area contributed by atoms with Crippen LogP contribution in [-0.4, -0.2) is 41.6 Å². The Hall–Kier alpha value is -2.72. The van der Waals surface area contributed by atoms with Crippen molar-refractivity contribution in [2.45, 2.75) is 76.7 Å². The normalized spacial score (nSPS) is 24.9. The van der Waals surface area contributed by atoms with Gasteiger partial charge in [0.25, 0.3) is 0 Å². The Morgan fingerprint density at radius 1 is 1.08 bits per heavy atom. The number of allylic oxidation sites excluding steroid dienone is 1. The molecule has 7 rings (SSSR count). The van der Waals surface area contributed by atoms with Crippen LogP contribution in [0.15, 0.2) is 47.6 Å². The third-order valence-electron chi connectivity index (χ3n) is 9.60. The van der Waals surface area contributed by atoms with Gasteiger partial charge in [-0.15, -0.1) is 0 Å². The molecule has 1 atom stereocenters. The van der Waals surface area contributed by atoms with Crippen molar-refractivity contribution in [1.82, 2.24) is 4.90 Å². The highest BCUT2D eigenvalue weighted by Gasteiger charge is 2.43. The second-order valence-electron chi connectivity index (χ2n) is 12.4. The van der Waals surface area contributed by atoms with Crippen molar-refractivity contribution in [3.8, 4) is 0 Å². The summed E-state index contributed by atoms with van der Waals surface area (Å²) < 4.78 is 0. The zero-order chi connectivity index (χ0) is 25.1. The molecule has 0 bridgehead atoms. The van der Waals surface area contributed by atoms with Crippen LogP contribution in [0.1, 0.15) is 96.0 Å². The van der Waals surface area contributed by atoms with Crippen LogP contribution in [0.4, 0.5) is 0 Å². The molecule has 3 fully saturated rings. The number of hydrogen-bond donors (Lipinski definition) is 0. The van der Waals surface area contributed by atoms with Gasteiger partial charge in [-0.05, 0) is 97.1 Å².